The summed E-state index contributed by atoms with van der Waals surface area (Å²) in [6.45, 7) is 3.91. The van der Waals surface area contributed by atoms with Crippen LogP contribution >= 0.6 is 0 Å². The SMILES string of the molecule is Cc1cc(N)cc(C(=O)OCc2ccccc2)c1-c1c(C)cc(N)cc1C(=O)OCc1ccccc1. The number of carbonyl (C=O) groups excluding carboxylic acids is 2. The van der Waals surface area contributed by atoms with Gasteiger partial charge < -0.3 is 20.9 Å². The minimum absolute atomic E-state index is 0.111. The average Bonchev–Trinajstić information content (AvgIpc) is 2.87. The second kappa shape index (κ2) is 10.8. The molecular weight excluding hydrogens is 452 g/mol. The van der Waals surface area contributed by atoms with E-state index in [4.69, 9.17) is 20.9 Å². The Morgan fingerprint density at radius 2 is 0.972 bits per heavy atom. The summed E-state index contributed by atoms with van der Waals surface area (Å²) in [5.41, 5.74) is 17.9. The quantitative estimate of drug-likeness (QED) is 0.254. The Hall–Kier alpha value is -4.58. The molecule has 6 nitrogen and oxygen atoms in total. The summed E-state index contributed by atoms with van der Waals surface area (Å²) in [7, 11) is 0. The predicted octanol–water partition coefficient (Wildman–Crippen LogP) is 5.85. The van der Waals surface area contributed by atoms with Crippen LogP contribution in [0.15, 0.2) is 84.9 Å². The Balaban J connectivity index is 1.74. The maximum absolute atomic E-state index is 13.3. The molecule has 0 bridgehead atoms. The molecule has 4 N–H and O–H groups in total. The molecule has 0 fully saturated rings. The molecule has 4 rings (SSSR count). The molecule has 4 aromatic rings. The second-order valence-electron chi connectivity index (χ2n) is 8.64. The Morgan fingerprint density at radius 3 is 1.33 bits per heavy atom. The number of rotatable bonds is 7. The van der Waals surface area contributed by atoms with Crippen LogP contribution in [0.2, 0.25) is 0 Å². The lowest BCUT2D eigenvalue weighted by Crippen LogP contribution is -2.13. The van der Waals surface area contributed by atoms with Crippen molar-refractivity contribution in [3.8, 4) is 11.1 Å². The molecule has 0 radical (unpaired) electrons. The number of carbonyl (C=O) groups is 2. The highest BCUT2D eigenvalue weighted by molar-refractivity contribution is 6.06. The minimum Gasteiger partial charge on any atom is -0.457 e. The first-order valence-electron chi connectivity index (χ1n) is 11.6. The van der Waals surface area contributed by atoms with Crippen molar-refractivity contribution in [2.75, 3.05) is 11.5 Å². The van der Waals surface area contributed by atoms with E-state index in [0.29, 0.717) is 22.5 Å². The average molecular weight is 481 g/mol. The number of nitrogens with two attached hydrogens (primary N) is 2. The number of nitrogen functional groups attached to an aromatic ring is 2. The van der Waals surface area contributed by atoms with Crippen LogP contribution in [-0.4, -0.2) is 11.9 Å². The maximum atomic E-state index is 13.3. The van der Waals surface area contributed by atoms with Crippen LogP contribution in [0, 0.1) is 13.8 Å². The van der Waals surface area contributed by atoms with E-state index in [9.17, 15) is 9.59 Å². The van der Waals surface area contributed by atoms with Crippen LogP contribution < -0.4 is 11.5 Å². The molecule has 0 aliphatic heterocycles. The van der Waals surface area contributed by atoms with Gasteiger partial charge in [-0.15, -0.1) is 0 Å². The first kappa shape index (κ1) is 24.5. The Morgan fingerprint density at radius 1 is 0.611 bits per heavy atom. The third-order valence-electron chi connectivity index (χ3n) is 5.83. The number of benzene rings is 4. The van der Waals surface area contributed by atoms with Crippen LogP contribution in [-0.2, 0) is 22.7 Å². The smallest absolute Gasteiger partial charge is 0.339 e. The van der Waals surface area contributed by atoms with Crippen LogP contribution in [0.3, 0.4) is 0 Å². The maximum Gasteiger partial charge on any atom is 0.339 e. The zero-order valence-corrected chi connectivity index (χ0v) is 20.3. The zero-order chi connectivity index (χ0) is 25.7. The molecule has 4 aromatic carbocycles. The van der Waals surface area contributed by atoms with Crippen molar-refractivity contribution < 1.29 is 19.1 Å². The monoisotopic (exact) mass is 480 g/mol. The Labute approximate surface area is 210 Å². The first-order chi connectivity index (χ1) is 17.3. The lowest BCUT2D eigenvalue weighted by Gasteiger charge is -2.19. The van der Waals surface area contributed by atoms with Gasteiger partial charge in [-0.25, -0.2) is 9.59 Å². The summed E-state index contributed by atoms with van der Waals surface area (Å²) in [4.78, 5) is 26.5. The highest BCUT2D eigenvalue weighted by atomic mass is 16.5. The van der Waals surface area contributed by atoms with Gasteiger partial charge in [0, 0.05) is 22.5 Å². The number of ether oxygens (including phenoxy) is 2. The number of hydrogen-bond donors (Lipinski definition) is 2. The molecule has 36 heavy (non-hydrogen) atoms. The summed E-state index contributed by atoms with van der Waals surface area (Å²) in [6, 6.07) is 25.5. The van der Waals surface area contributed by atoms with E-state index >= 15 is 0 Å². The number of anilines is 2. The second-order valence-corrected chi connectivity index (χ2v) is 8.64. The van der Waals surface area contributed by atoms with Gasteiger partial charge in [0.1, 0.15) is 13.2 Å². The molecule has 0 saturated heterocycles. The van der Waals surface area contributed by atoms with Gasteiger partial charge in [-0.2, -0.15) is 0 Å². The lowest BCUT2D eigenvalue weighted by molar-refractivity contribution is 0.0462. The molecule has 182 valence electrons. The third-order valence-corrected chi connectivity index (χ3v) is 5.83. The van der Waals surface area contributed by atoms with Gasteiger partial charge in [0.25, 0.3) is 0 Å². The van der Waals surface area contributed by atoms with Gasteiger partial charge in [0.2, 0.25) is 0 Å². The van der Waals surface area contributed by atoms with Crippen molar-refractivity contribution in [2.24, 2.45) is 0 Å². The highest BCUT2D eigenvalue weighted by Crippen LogP contribution is 2.37. The molecule has 0 atom stereocenters. The van der Waals surface area contributed by atoms with Crippen molar-refractivity contribution >= 4 is 23.3 Å². The highest BCUT2D eigenvalue weighted by Gasteiger charge is 2.25. The van der Waals surface area contributed by atoms with Gasteiger partial charge in [0.15, 0.2) is 0 Å². The Bertz CT molecular complexity index is 1290. The number of aryl methyl sites for hydroxylation is 2. The van der Waals surface area contributed by atoms with Gasteiger partial charge in [0.05, 0.1) is 11.1 Å². The fourth-order valence-electron chi connectivity index (χ4n) is 4.22. The normalized spacial score (nSPS) is 10.6. The molecule has 0 amide bonds. The molecule has 0 unspecified atom stereocenters. The topological polar surface area (TPSA) is 105 Å². The van der Waals surface area contributed by atoms with Crippen molar-refractivity contribution in [3.05, 3.63) is 118 Å². The Kier molecular flexibility index (Phi) is 7.35. The summed E-state index contributed by atoms with van der Waals surface area (Å²) in [5, 5.41) is 0. The molecule has 0 saturated carbocycles. The van der Waals surface area contributed by atoms with Crippen molar-refractivity contribution in [1.82, 2.24) is 0 Å². The van der Waals surface area contributed by atoms with Crippen LogP contribution in [0.1, 0.15) is 43.0 Å². The number of hydrogen-bond acceptors (Lipinski definition) is 6. The minimum atomic E-state index is -0.538. The first-order valence-corrected chi connectivity index (χ1v) is 11.6. The summed E-state index contributed by atoms with van der Waals surface area (Å²) in [6.07, 6.45) is 0. The van der Waals surface area contributed by atoms with Crippen LogP contribution in [0.5, 0.6) is 0 Å². The van der Waals surface area contributed by atoms with E-state index < -0.39 is 11.9 Å². The zero-order valence-electron chi connectivity index (χ0n) is 20.3. The van der Waals surface area contributed by atoms with E-state index in [0.717, 1.165) is 22.3 Å². The molecule has 0 heterocycles. The van der Waals surface area contributed by atoms with Crippen molar-refractivity contribution in [1.29, 1.82) is 0 Å². The summed E-state index contributed by atoms with van der Waals surface area (Å²) < 4.78 is 11.2. The summed E-state index contributed by atoms with van der Waals surface area (Å²) >= 11 is 0. The predicted molar refractivity (Wildman–Crippen MR) is 141 cm³/mol. The molecular formula is C30H28N2O4. The standard InChI is InChI=1S/C30H28N2O4/c1-19-13-23(31)15-25(29(33)35-17-21-9-5-3-6-10-21)27(19)28-20(2)14-24(32)16-26(28)30(34)36-18-22-11-7-4-8-12-22/h3-16H,17-18,31-32H2,1-2H3. The van der Waals surface area contributed by atoms with E-state index in [2.05, 4.69) is 0 Å². The van der Waals surface area contributed by atoms with Gasteiger partial charge in [-0.05, 0) is 60.4 Å². The van der Waals surface area contributed by atoms with E-state index in [1.807, 2.05) is 74.5 Å². The van der Waals surface area contributed by atoms with Crippen LogP contribution in [0.25, 0.3) is 11.1 Å². The fourth-order valence-corrected chi connectivity index (χ4v) is 4.22. The van der Waals surface area contributed by atoms with E-state index in [1.54, 1.807) is 24.3 Å². The van der Waals surface area contributed by atoms with Crippen LogP contribution in [0.4, 0.5) is 11.4 Å². The molecule has 0 aliphatic carbocycles. The van der Waals surface area contributed by atoms with Crippen molar-refractivity contribution in [2.45, 2.75) is 27.1 Å². The summed E-state index contributed by atoms with van der Waals surface area (Å²) in [5.74, 6) is -1.08. The van der Waals surface area contributed by atoms with Gasteiger partial charge in [-0.1, -0.05) is 60.7 Å². The lowest BCUT2D eigenvalue weighted by atomic mass is 9.87. The molecule has 0 aromatic heterocycles. The molecule has 0 aliphatic rings. The van der Waals surface area contributed by atoms with E-state index in [1.165, 1.54) is 0 Å². The molecule has 6 heteroatoms. The molecule has 0 spiro atoms. The third kappa shape index (κ3) is 5.55. The van der Waals surface area contributed by atoms with Crippen molar-refractivity contribution in [3.63, 3.8) is 0 Å². The van der Waals surface area contributed by atoms with Gasteiger partial charge >= 0.3 is 11.9 Å². The fraction of sp³-hybridized carbons (Fsp3) is 0.133. The van der Waals surface area contributed by atoms with Gasteiger partial charge in [-0.3, -0.25) is 0 Å². The number of esters is 2. The van der Waals surface area contributed by atoms with E-state index in [-0.39, 0.29) is 24.3 Å². The largest absolute Gasteiger partial charge is 0.457 e.